The highest BCUT2D eigenvalue weighted by atomic mass is 79.9. The molecule has 1 aromatic rings. The number of nitrogens with zero attached hydrogens (tertiary/aromatic N) is 1. The summed E-state index contributed by atoms with van der Waals surface area (Å²) in [7, 11) is 0. The quantitative estimate of drug-likeness (QED) is 0.464. The second-order valence-electron chi connectivity index (χ2n) is 3.15. The van der Waals surface area contributed by atoms with Crippen LogP contribution in [0.3, 0.4) is 0 Å². The summed E-state index contributed by atoms with van der Waals surface area (Å²) in [6.07, 6.45) is 0.842. The van der Waals surface area contributed by atoms with Crippen molar-refractivity contribution in [2.45, 2.75) is 12.5 Å². The monoisotopic (exact) mass is 257 g/mol. The Labute approximate surface area is 89.2 Å². The molecule has 0 saturated heterocycles. The van der Waals surface area contributed by atoms with Crippen molar-refractivity contribution in [2.24, 2.45) is 0 Å². The molecule has 14 heavy (non-hydrogen) atoms. The largest absolute Gasteiger partial charge is 0.489 e. The molecule has 0 saturated carbocycles. The maximum atomic E-state index is 10.5. The van der Waals surface area contributed by atoms with E-state index in [0.29, 0.717) is 0 Å². The number of benzene rings is 1. The number of ether oxygens (including phenoxy) is 1. The van der Waals surface area contributed by atoms with E-state index in [4.69, 9.17) is 4.74 Å². The number of hydrogen-bond donors (Lipinski definition) is 0. The van der Waals surface area contributed by atoms with Crippen molar-refractivity contribution in [1.29, 1.82) is 0 Å². The summed E-state index contributed by atoms with van der Waals surface area (Å²) in [6.45, 7) is 0. The summed E-state index contributed by atoms with van der Waals surface area (Å²) >= 11 is 3.32. The summed E-state index contributed by atoms with van der Waals surface area (Å²) in [4.78, 5) is 10.1. The van der Waals surface area contributed by atoms with Gasteiger partial charge in [0, 0.05) is 29.4 Å². The van der Waals surface area contributed by atoms with Gasteiger partial charge in [-0.25, -0.2) is 0 Å². The Kier molecular flexibility index (Phi) is 2.41. The Hall–Kier alpha value is -1.10. The average Bonchev–Trinajstić information content (AvgIpc) is 2.58. The van der Waals surface area contributed by atoms with Crippen LogP contribution in [-0.2, 0) is 6.42 Å². The number of halogens is 1. The van der Waals surface area contributed by atoms with Crippen LogP contribution < -0.4 is 4.74 Å². The number of nitro groups is 1. The van der Waals surface area contributed by atoms with E-state index in [2.05, 4.69) is 15.9 Å². The Morgan fingerprint density at radius 3 is 3.07 bits per heavy atom. The number of hydrogen-bond acceptors (Lipinski definition) is 3. The van der Waals surface area contributed by atoms with Crippen molar-refractivity contribution in [1.82, 2.24) is 0 Å². The van der Waals surface area contributed by atoms with E-state index in [1.165, 1.54) is 6.07 Å². The summed E-state index contributed by atoms with van der Waals surface area (Å²) in [5, 5.41) is 11.3. The standard InChI is InChI=1S/C9H8BrNO3/c10-5-8-4-6-3-7(11(12)13)1-2-9(6)14-8/h1-3,8H,4-5H2. The van der Waals surface area contributed by atoms with Gasteiger partial charge in [0.2, 0.25) is 0 Å². The zero-order valence-electron chi connectivity index (χ0n) is 7.27. The summed E-state index contributed by atoms with van der Waals surface area (Å²) < 4.78 is 5.52. The van der Waals surface area contributed by atoms with Gasteiger partial charge in [0.25, 0.3) is 5.69 Å². The van der Waals surface area contributed by atoms with Gasteiger partial charge in [0.1, 0.15) is 11.9 Å². The van der Waals surface area contributed by atoms with Gasteiger partial charge >= 0.3 is 0 Å². The first-order chi connectivity index (χ1) is 6.70. The first-order valence-corrected chi connectivity index (χ1v) is 5.33. The summed E-state index contributed by atoms with van der Waals surface area (Å²) in [6, 6.07) is 4.71. The first kappa shape index (κ1) is 9.45. The molecular weight excluding hydrogens is 250 g/mol. The van der Waals surface area contributed by atoms with Crippen LogP contribution in [-0.4, -0.2) is 16.4 Å². The molecule has 5 heteroatoms. The smallest absolute Gasteiger partial charge is 0.269 e. The Bertz CT molecular complexity index is 380. The lowest BCUT2D eigenvalue weighted by atomic mass is 10.1. The lowest BCUT2D eigenvalue weighted by Crippen LogP contribution is -2.13. The Balaban J connectivity index is 2.31. The number of fused-ring (bicyclic) bond motifs is 1. The van der Waals surface area contributed by atoms with Crippen LogP contribution >= 0.6 is 15.9 Å². The minimum Gasteiger partial charge on any atom is -0.489 e. The molecule has 0 bridgehead atoms. The van der Waals surface area contributed by atoms with Crippen molar-refractivity contribution < 1.29 is 9.66 Å². The molecule has 2 rings (SSSR count). The third kappa shape index (κ3) is 1.59. The minimum absolute atomic E-state index is 0.104. The third-order valence-electron chi connectivity index (χ3n) is 2.17. The van der Waals surface area contributed by atoms with Crippen molar-refractivity contribution in [2.75, 3.05) is 5.33 Å². The molecule has 0 N–H and O–H groups in total. The van der Waals surface area contributed by atoms with E-state index in [9.17, 15) is 10.1 Å². The van der Waals surface area contributed by atoms with Gasteiger partial charge in [-0.15, -0.1) is 0 Å². The molecule has 4 nitrogen and oxygen atoms in total. The topological polar surface area (TPSA) is 52.4 Å². The molecule has 0 aliphatic carbocycles. The molecule has 0 amide bonds. The number of nitro benzene ring substituents is 1. The van der Waals surface area contributed by atoms with Crippen LogP contribution in [0.15, 0.2) is 18.2 Å². The molecule has 0 fully saturated rings. The fourth-order valence-electron chi connectivity index (χ4n) is 1.51. The van der Waals surface area contributed by atoms with E-state index in [1.807, 2.05) is 0 Å². The average molecular weight is 258 g/mol. The fraction of sp³-hybridized carbons (Fsp3) is 0.333. The molecule has 1 aromatic carbocycles. The maximum Gasteiger partial charge on any atom is 0.269 e. The summed E-state index contributed by atoms with van der Waals surface area (Å²) in [5.74, 6) is 0.764. The van der Waals surface area contributed by atoms with Crippen molar-refractivity contribution in [3.63, 3.8) is 0 Å². The third-order valence-corrected chi connectivity index (χ3v) is 2.89. The van der Waals surface area contributed by atoms with Crippen LogP contribution in [0.2, 0.25) is 0 Å². The molecule has 1 aliphatic heterocycles. The predicted molar refractivity (Wildman–Crippen MR) is 55.0 cm³/mol. The highest BCUT2D eigenvalue weighted by Gasteiger charge is 2.23. The number of alkyl halides is 1. The van der Waals surface area contributed by atoms with Gasteiger partial charge in [0.15, 0.2) is 0 Å². The maximum absolute atomic E-state index is 10.5. The van der Waals surface area contributed by atoms with E-state index in [-0.39, 0.29) is 16.7 Å². The van der Waals surface area contributed by atoms with Crippen LogP contribution in [0.25, 0.3) is 0 Å². The molecule has 74 valence electrons. The van der Waals surface area contributed by atoms with Crippen molar-refractivity contribution in [3.8, 4) is 5.75 Å². The zero-order chi connectivity index (χ0) is 10.1. The normalized spacial score (nSPS) is 18.8. The molecule has 1 heterocycles. The van der Waals surface area contributed by atoms with E-state index >= 15 is 0 Å². The van der Waals surface area contributed by atoms with Gasteiger partial charge < -0.3 is 4.74 Å². The van der Waals surface area contributed by atoms with Gasteiger partial charge in [-0.2, -0.15) is 0 Å². The fourth-order valence-corrected chi connectivity index (χ4v) is 1.87. The van der Waals surface area contributed by atoms with E-state index in [1.54, 1.807) is 12.1 Å². The number of rotatable bonds is 2. The minimum atomic E-state index is -0.387. The van der Waals surface area contributed by atoms with E-state index < -0.39 is 0 Å². The first-order valence-electron chi connectivity index (χ1n) is 4.20. The second-order valence-corrected chi connectivity index (χ2v) is 3.79. The van der Waals surface area contributed by atoms with Gasteiger partial charge in [0.05, 0.1) is 4.92 Å². The predicted octanol–water partition coefficient (Wildman–Crippen LogP) is 2.29. The molecule has 1 atom stereocenters. The highest BCUT2D eigenvalue weighted by molar-refractivity contribution is 9.09. The molecule has 0 radical (unpaired) electrons. The van der Waals surface area contributed by atoms with E-state index in [0.717, 1.165) is 23.1 Å². The molecule has 1 aliphatic rings. The van der Waals surface area contributed by atoms with Gasteiger partial charge in [-0.3, -0.25) is 10.1 Å². The van der Waals surface area contributed by atoms with Crippen LogP contribution in [0.4, 0.5) is 5.69 Å². The molecule has 0 aromatic heterocycles. The molecule has 0 spiro atoms. The van der Waals surface area contributed by atoms with Gasteiger partial charge in [-0.1, -0.05) is 15.9 Å². The zero-order valence-corrected chi connectivity index (χ0v) is 8.86. The SMILES string of the molecule is O=[N+]([O-])c1ccc2c(c1)CC(CBr)O2. The lowest BCUT2D eigenvalue weighted by molar-refractivity contribution is -0.384. The Morgan fingerprint density at radius 2 is 2.43 bits per heavy atom. The van der Waals surface area contributed by atoms with Crippen LogP contribution in [0.1, 0.15) is 5.56 Å². The molecule has 1 unspecified atom stereocenters. The highest BCUT2D eigenvalue weighted by Crippen LogP contribution is 2.32. The number of non-ortho nitro benzene ring substituents is 1. The van der Waals surface area contributed by atoms with Crippen LogP contribution in [0.5, 0.6) is 5.75 Å². The summed E-state index contributed by atoms with van der Waals surface area (Å²) in [5.41, 5.74) is 1.05. The lowest BCUT2D eigenvalue weighted by Gasteiger charge is -2.04. The van der Waals surface area contributed by atoms with Crippen molar-refractivity contribution in [3.05, 3.63) is 33.9 Å². The molecular formula is C9H8BrNO3. The van der Waals surface area contributed by atoms with Crippen LogP contribution in [0, 0.1) is 10.1 Å². The van der Waals surface area contributed by atoms with Gasteiger partial charge in [-0.05, 0) is 6.07 Å². The Morgan fingerprint density at radius 1 is 1.64 bits per heavy atom. The second kappa shape index (κ2) is 3.57. The van der Waals surface area contributed by atoms with Crippen molar-refractivity contribution >= 4 is 21.6 Å².